The number of fused-ring (bicyclic) bond motifs is 5. The van der Waals surface area contributed by atoms with Crippen molar-refractivity contribution in [2.24, 2.45) is 5.41 Å². The minimum absolute atomic E-state index is 0.00115. The Hall–Kier alpha value is -4.17. The molecule has 1 amide bonds. The molecule has 8 heteroatoms. The summed E-state index contributed by atoms with van der Waals surface area (Å²) in [4.78, 5) is 25.5. The van der Waals surface area contributed by atoms with Gasteiger partial charge in [-0.3, -0.25) is 14.3 Å². The average molecular weight is 511 g/mol. The van der Waals surface area contributed by atoms with Crippen LogP contribution in [0.4, 0.5) is 11.4 Å². The van der Waals surface area contributed by atoms with Gasteiger partial charge in [0.2, 0.25) is 0 Å². The summed E-state index contributed by atoms with van der Waals surface area (Å²) in [6, 6.07) is 17.3. The van der Waals surface area contributed by atoms with Gasteiger partial charge in [-0.05, 0) is 29.7 Å². The summed E-state index contributed by atoms with van der Waals surface area (Å²) in [7, 11) is -4.06. The molecule has 5 aromatic rings. The number of hydrogen-bond donors (Lipinski definition) is 2. The van der Waals surface area contributed by atoms with Gasteiger partial charge in [0.05, 0.1) is 16.1 Å². The topological polar surface area (TPSA) is 105 Å². The molecule has 4 aromatic carbocycles. The summed E-state index contributed by atoms with van der Waals surface area (Å²) in [5, 5.41) is 5.84. The number of carbonyl (C=O) groups excluding carboxylic acids is 2. The Morgan fingerprint density at radius 2 is 1.65 bits per heavy atom. The third-order valence-electron chi connectivity index (χ3n) is 7.35. The maximum Gasteiger partial charge on any atom is 0.262 e. The predicted molar refractivity (Wildman–Crippen MR) is 143 cm³/mol. The van der Waals surface area contributed by atoms with Crippen molar-refractivity contribution in [3.63, 3.8) is 0 Å². The number of carbonyl (C=O) groups is 2. The second kappa shape index (κ2) is 7.20. The van der Waals surface area contributed by atoms with Crippen molar-refractivity contribution in [1.29, 1.82) is 0 Å². The largest absolute Gasteiger partial charge is 0.460 e. The molecule has 1 aliphatic heterocycles. The molecule has 7 nitrogen and oxygen atoms in total. The fraction of sp³-hybridized carbons (Fsp3) is 0.172. The van der Waals surface area contributed by atoms with Crippen LogP contribution in [0.25, 0.3) is 32.5 Å². The molecule has 2 heterocycles. The first-order valence-electron chi connectivity index (χ1n) is 12.0. The molecular formula is C29H22N2O5S. The van der Waals surface area contributed by atoms with Crippen molar-refractivity contribution in [3.8, 4) is 0 Å². The first-order valence-corrected chi connectivity index (χ1v) is 13.5. The van der Waals surface area contributed by atoms with Gasteiger partial charge >= 0.3 is 0 Å². The lowest BCUT2D eigenvalue weighted by Crippen LogP contribution is -2.25. The molecule has 0 saturated carbocycles. The van der Waals surface area contributed by atoms with Crippen LogP contribution >= 0.6 is 0 Å². The number of hydrogen-bond acceptors (Lipinski definition) is 5. The van der Waals surface area contributed by atoms with Crippen molar-refractivity contribution in [3.05, 3.63) is 77.6 Å². The maximum atomic E-state index is 13.8. The lowest BCUT2D eigenvalue weighted by atomic mass is 9.76. The maximum absolute atomic E-state index is 13.8. The normalized spacial score (nSPS) is 16.4. The number of anilines is 2. The molecule has 2 aliphatic rings. The summed E-state index contributed by atoms with van der Waals surface area (Å²) in [5.41, 5.74) is 2.32. The lowest BCUT2D eigenvalue weighted by molar-refractivity contribution is 0.0905. The Morgan fingerprint density at radius 3 is 2.46 bits per heavy atom. The first-order chi connectivity index (χ1) is 17.6. The molecule has 1 aliphatic carbocycles. The Balaban J connectivity index is 1.43. The van der Waals surface area contributed by atoms with Crippen molar-refractivity contribution < 1.29 is 22.4 Å². The van der Waals surface area contributed by atoms with Gasteiger partial charge in [-0.15, -0.1) is 0 Å². The second-order valence-corrected chi connectivity index (χ2v) is 12.2. The van der Waals surface area contributed by atoms with Crippen LogP contribution < -0.4 is 10.0 Å². The monoisotopic (exact) mass is 510 g/mol. The SMILES string of the molecule is CC1(C)CC(=O)c2c(oc3c2cc(NS(=O)(=O)c2ccc4c5c(cccc25)C(=O)N4)c2ccccc23)C1. The van der Waals surface area contributed by atoms with E-state index in [1.54, 1.807) is 30.3 Å². The van der Waals surface area contributed by atoms with Gasteiger partial charge in [-0.25, -0.2) is 8.42 Å². The zero-order valence-electron chi connectivity index (χ0n) is 20.1. The smallest absolute Gasteiger partial charge is 0.262 e. The quantitative estimate of drug-likeness (QED) is 0.298. The van der Waals surface area contributed by atoms with Crippen LogP contribution in [-0.4, -0.2) is 20.1 Å². The van der Waals surface area contributed by atoms with E-state index in [1.807, 2.05) is 38.1 Å². The van der Waals surface area contributed by atoms with Crippen molar-refractivity contribution in [2.75, 3.05) is 10.0 Å². The van der Waals surface area contributed by atoms with Gasteiger partial charge in [-0.1, -0.05) is 50.2 Å². The molecule has 0 fully saturated rings. The highest BCUT2D eigenvalue weighted by molar-refractivity contribution is 7.93. The molecular weight excluding hydrogens is 488 g/mol. The average Bonchev–Trinajstić information content (AvgIpc) is 3.37. The fourth-order valence-electron chi connectivity index (χ4n) is 5.80. The van der Waals surface area contributed by atoms with Gasteiger partial charge in [0.15, 0.2) is 5.78 Å². The van der Waals surface area contributed by atoms with E-state index in [4.69, 9.17) is 4.42 Å². The predicted octanol–water partition coefficient (Wildman–Crippen LogP) is 6.26. The number of amides is 1. The van der Waals surface area contributed by atoms with E-state index in [0.29, 0.717) is 68.2 Å². The zero-order chi connectivity index (χ0) is 25.7. The molecule has 7 rings (SSSR count). The van der Waals surface area contributed by atoms with Crippen LogP contribution in [0.15, 0.2) is 70.0 Å². The number of rotatable bonds is 3. The van der Waals surface area contributed by atoms with Crippen LogP contribution in [0.5, 0.6) is 0 Å². The highest BCUT2D eigenvalue weighted by Crippen LogP contribution is 2.44. The molecule has 0 unspecified atom stereocenters. The molecule has 0 bridgehead atoms. The summed E-state index contributed by atoms with van der Waals surface area (Å²) < 4.78 is 36.6. The first kappa shape index (κ1) is 22.1. The number of ketones is 1. The fourth-order valence-corrected chi connectivity index (χ4v) is 7.08. The minimum Gasteiger partial charge on any atom is -0.460 e. The summed E-state index contributed by atoms with van der Waals surface area (Å²) in [6.07, 6.45) is 1.03. The Kier molecular flexibility index (Phi) is 4.29. The Bertz CT molecular complexity index is 1970. The van der Waals surface area contributed by atoms with Gasteiger partial charge in [0, 0.05) is 51.0 Å². The van der Waals surface area contributed by atoms with Crippen molar-refractivity contribution in [1.82, 2.24) is 0 Å². The highest BCUT2D eigenvalue weighted by Gasteiger charge is 2.36. The summed E-state index contributed by atoms with van der Waals surface area (Å²) in [6.45, 7) is 4.08. The van der Waals surface area contributed by atoms with E-state index in [-0.39, 0.29) is 22.0 Å². The Labute approximate surface area is 212 Å². The van der Waals surface area contributed by atoms with Crippen LogP contribution in [0, 0.1) is 5.41 Å². The molecule has 0 radical (unpaired) electrons. The number of benzene rings is 4. The van der Waals surface area contributed by atoms with E-state index in [0.717, 1.165) is 5.39 Å². The second-order valence-electron chi connectivity index (χ2n) is 10.6. The van der Waals surface area contributed by atoms with Crippen LogP contribution in [0.3, 0.4) is 0 Å². The van der Waals surface area contributed by atoms with E-state index in [9.17, 15) is 18.0 Å². The molecule has 37 heavy (non-hydrogen) atoms. The standard InChI is InChI=1S/C29H22N2O5S/c1-29(2)13-22(32)26-19-12-21(15-6-3-4-7-16(15)27(19)36-23(26)14-29)31-37(34,35)24-11-10-20-25-17(24)8-5-9-18(25)28(33)30-20/h3-12,31H,13-14H2,1-2H3,(H,30,33). The third kappa shape index (κ3) is 3.15. The minimum atomic E-state index is -4.06. The van der Waals surface area contributed by atoms with Gasteiger partial charge in [0.25, 0.3) is 15.9 Å². The third-order valence-corrected chi connectivity index (χ3v) is 8.78. The number of Topliss-reactive ketones (excluding diaryl/α,β-unsaturated/α-hetero) is 1. The van der Waals surface area contributed by atoms with Crippen molar-refractivity contribution in [2.45, 2.75) is 31.6 Å². The molecule has 1 aromatic heterocycles. The number of nitrogens with one attached hydrogen (secondary N) is 2. The van der Waals surface area contributed by atoms with E-state index in [2.05, 4.69) is 10.0 Å². The van der Waals surface area contributed by atoms with Crippen LogP contribution in [0.1, 0.15) is 46.7 Å². The molecule has 0 saturated heterocycles. The zero-order valence-corrected chi connectivity index (χ0v) is 21.0. The lowest BCUT2D eigenvalue weighted by Gasteiger charge is -2.27. The molecule has 0 atom stereocenters. The van der Waals surface area contributed by atoms with Gasteiger partial charge in [-0.2, -0.15) is 0 Å². The number of sulfonamides is 1. The summed E-state index contributed by atoms with van der Waals surface area (Å²) >= 11 is 0. The van der Waals surface area contributed by atoms with Gasteiger partial charge < -0.3 is 9.73 Å². The summed E-state index contributed by atoms with van der Waals surface area (Å²) in [5.74, 6) is 0.391. The Morgan fingerprint density at radius 1 is 0.892 bits per heavy atom. The van der Waals surface area contributed by atoms with E-state index >= 15 is 0 Å². The van der Waals surface area contributed by atoms with Crippen molar-refractivity contribution >= 4 is 65.6 Å². The molecule has 184 valence electrons. The van der Waals surface area contributed by atoms with E-state index in [1.165, 1.54) is 6.07 Å². The van der Waals surface area contributed by atoms with E-state index < -0.39 is 10.0 Å². The van der Waals surface area contributed by atoms with Gasteiger partial charge in [0.1, 0.15) is 11.3 Å². The van der Waals surface area contributed by atoms with Crippen LogP contribution in [-0.2, 0) is 16.4 Å². The molecule has 2 N–H and O–H groups in total. The van der Waals surface area contributed by atoms with Crippen LogP contribution in [0.2, 0.25) is 0 Å². The highest BCUT2D eigenvalue weighted by atomic mass is 32.2. The molecule has 0 spiro atoms. The number of furan rings is 1.